The van der Waals surface area contributed by atoms with Gasteiger partial charge in [0.1, 0.15) is 18.1 Å². The Kier molecular flexibility index (Phi) is 6.19. The predicted octanol–water partition coefficient (Wildman–Crippen LogP) is 2.79. The van der Waals surface area contributed by atoms with Gasteiger partial charge in [-0.1, -0.05) is 12.1 Å². The molecule has 1 aromatic carbocycles. The minimum absolute atomic E-state index is 0.0458. The number of para-hydroxylation sites is 2. The van der Waals surface area contributed by atoms with Gasteiger partial charge in [0.15, 0.2) is 0 Å². The van der Waals surface area contributed by atoms with E-state index in [0.717, 1.165) is 0 Å². The van der Waals surface area contributed by atoms with Crippen LogP contribution in [0, 0.1) is 0 Å². The van der Waals surface area contributed by atoms with Crippen LogP contribution in [0.5, 0.6) is 5.75 Å². The van der Waals surface area contributed by atoms with E-state index < -0.39 is 0 Å². The molecule has 0 spiro atoms. The molecule has 1 N–H and O–H groups in total. The van der Waals surface area contributed by atoms with Crippen LogP contribution in [-0.4, -0.2) is 36.9 Å². The van der Waals surface area contributed by atoms with Crippen molar-refractivity contribution in [3.63, 3.8) is 0 Å². The third kappa shape index (κ3) is 4.74. The molecule has 2 rings (SSSR count). The Hall–Kier alpha value is -3.02. The molecule has 1 heterocycles. The molecule has 0 unspecified atom stereocenters. The average molecular weight is 328 g/mol. The monoisotopic (exact) mass is 328 g/mol. The molecule has 126 valence electrons. The number of anilines is 1. The third-order valence-electron chi connectivity index (χ3n) is 3.34. The van der Waals surface area contributed by atoms with E-state index in [4.69, 9.17) is 9.15 Å². The maximum absolute atomic E-state index is 12.2. The second-order valence-corrected chi connectivity index (χ2v) is 4.95. The number of carbonyl (C=O) groups excluding carboxylic acids is 2. The molecule has 24 heavy (non-hydrogen) atoms. The average Bonchev–Trinajstić information content (AvgIpc) is 3.11. The molecule has 6 heteroatoms. The topological polar surface area (TPSA) is 71.8 Å². The lowest BCUT2D eigenvalue weighted by molar-refractivity contribution is -0.130. The minimum atomic E-state index is -0.291. The quantitative estimate of drug-likeness (QED) is 0.793. The highest BCUT2D eigenvalue weighted by atomic mass is 16.5. The number of carbonyl (C=O) groups is 2. The number of nitrogens with zero attached hydrogens (tertiary/aromatic N) is 1. The van der Waals surface area contributed by atoms with Crippen molar-refractivity contribution in [3.8, 4) is 5.75 Å². The summed E-state index contributed by atoms with van der Waals surface area (Å²) in [6, 6.07) is 10.6. The van der Waals surface area contributed by atoms with Crippen molar-refractivity contribution >= 4 is 23.6 Å². The van der Waals surface area contributed by atoms with E-state index in [-0.39, 0.29) is 18.4 Å². The van der Waals surface area contributed by atoms with Gasteiger partial charge in [-0.3, -0.25) is 9.59 Å². The molecule has 0 atom stereocenters. The summed E-state index contributed by atoms with van der Waals surface area (Å²) in [6.07, 6.45) is 4.49. The van der Waals surface area contributed by atoms with Crippen LogP contribution in [0.4, 0.5) is 5.69 Å². The number of ether oxygens (including phenoxy) is 1. The van der Waals surface area contributed by atoms with Crippen molar-refractivity contribution in [2.75, 3.05) is 25.5 Å². The lowest BCUT2D eigenvalue weighted by Gasteiger charge is -2.19. The fraction of sp³-hybridized carbons (Fsp3) is 0.222. The number of nitrogens with one attached hydrogen (secondary N) is 1. The van der Waals surface area contributed by atoms with Crippen molar-refractivity contribution in [2.45, 2.75) is 6.92 Å². The van der Waals surface area contributed by atoms with E-state index in [0.29, 0.717) is 23.7 Å². The third-order valence-corrected chi connectivity index (χ3v) is 3.34. The normalized spacial score (nSPS) is 10.6. The fourth-order valence-electron chi connectivity index (χ4n) is 2.10. The molecule has 1 aromatic heterocycles. The van der Waals surface area contributed by atoms with Crippen molar-refractivity contribution < 1.29 is 18.7 Å². The van der Waals surface area contributed by atoms with Crippen molar-refractivity contribution in [1.82, 2.24) is 4.90 Å². The van der Waals surface area contributed by atoms with Crippen molar-refractivity contribution in [1.29, 1.82) is 0 Å². The summed E-state index contributed by atoms with van der Waals surface area (Å²) in [5.41, 5.74) is 0.569. The first-order valence-corrected chi connectivity index (χ1v) is 7.57. The summed E-state index contributed by atoms with van der Waals surface area (Å²) in [4.78, 5) is 25.8. The van der Waals surface area contributed by atoms with Gasteiger partial charge in [0, 0.05) is 12.6 Å². The van der Waals surface area contributed by atoms with Crippen LogP contribution < -0.4 is 10.1 Å². The minimum Gasteiger partial charge on any atom is -0.495 e. The standard InChI is InChI=1S/C18H20N2O4/c1-3-20(18(22)11-10-14-7-6-12-24-14)13-17(21)19-15-8-4-5-9-16(15)23-2/h4-12H,3,13H2,1-2H3,(H,19,21). The van der Waals surface area contributed by atoms with Gasteiger partial charge in [0.05, 0.1) is 19.1 Å². The Morgan fingerprint density at radius 2 is 2.04 bits per heavy atom. The Balaban J connectivity index is 1.96. The molecular weight excluding hydrogens is 308 g/mol. The Morgan fingerprint density at radius 3 is 2.71 bits per heavy atom. The lowest BCUT2D eigenvalue weighted by Crippen LogP contribution is -2.36. The van der Waals surface area contributed by atoms with Crippen LogP contribution in [0.2, 0.25) is 0 Å². The number of benzene rings is 1. The molecule has 0 saturated heterocycles. The summed E-state index contributed by atoms with van der Waals surface area (Å²) in [7, 11) is 1.53. The highest BCUT2D eigenvalue weighted by molar-refractivity contribution is 5.98. The van der Waals surface area contributed by atoms with Crippen molar-refractivity contribution in [2.24, 2.45) is 0 Å². The van der Waals surface area contributed by atoms with Crippen molar-refractivity contribution in [3.05, 3.63) is 54.5 Å². The van der Waals surface area contributed by atoms with E-state index in [9.17, 15) is 9.59 Å². The van der Waals surface area contributed by atoms with E-state index >= 15 is 0 Å². The van der Waals surface area contributed by atoms with Gasteiger partial charge in [-0.05, 0) is 37.3 Å². The highest BCUT2D eigenvalue weighted by Gasteiger charge is 2.14. The molecule has 6 nitrogen and oxygen atoms in total. The SMILES string of the molecule is CCN(CC(=O)Nc1ccccc1OC)C(=O)C=Cc1ccco1. The summed E-state index contributed by atoms with van der Waals surface area (Å²) in [5.74, 6) is 0.598. The van der Waals surface area contributed by atoms with Crippen LogP contribution in [0.1, 0.15) is 12.7 Å². The van der Waals surface area contributed by atoms with Crippen LogP contribution >= 0.6 is 0 Å². The number of furan rings is 1. The van der Waals surface area contributed by atoms with Gasteiger partial charge in [-0.25, -0.2) is 0 Å². The molecule has 0 saturated carbocycles. The van der Waals surface area contributed by atoms with E-state index in [1.165, 1.54) is 24.3 Å². The molecule has 0 aliphatic rings. The molecule has 0 aliphatic heterocycles. The summed E-state index contributed by atoms with van der Waals surface area (Å²) < 4.78 is 10.3. The molecule has 2 aromatic rings. The number of hydrogen-bond donors (Lipinski definition) is 1. The van der Waals surface area contributed by atoms with Gasteiger partial charge < -0.3 is 19.4 Å². The van der Waals surface area contributed by atoms with Gasteiger partial charge in [-0.2, -0.15) is 0 Å². The molecular formula is C18H20N2O4. The second-order valence-electron chi connectivity index (χ2n) is 4.95. The Morgan fingerprint density at radius 1 is 1.25 bits per heavy atom. The lowest BCUT2D eigenvalue weighted by atomic mass is 10.3. The van der Waals surface area contributed by atoms with Crippen LogP contribution in [0.3, 0.4) is 0 Å². The number of rotatable bonds is 7. The summed E-state index contributed by atoms with van der Waals surface area (Å²) >= 11 is 0. The second kappa shape index (κ2) is 8.57. The van der Waals surface area contributed by atoms with E-state index in [1.807, 2.05) is 13.0 Å². The largest absolute Gasteiger partial charge is 0.495 e. The number of amides is 2. The van der Waals surface area contributed by atoms with Crippen LogP contribution in [0.25, 0.3) is 6.08 Å². The molecule has 0 fully saturated rings. The summed E-state index contributed by atoms with van der Waals surface area (Å²) in [5, 5.41) is 2.75. The number of hydrogen-bond acceptors (Lipinski definition) is 4. The zero-order valence-corrected chi connectivity index (χ0v) is 13.7. The van der Waals surface area contributed by atoms with Crippen LogP contribution in [0.15, 0.2) is 53.2 Å². The van der Waals surface area contributed by atoms with Gasteiger partial charge >= 0.3 is 0 Å². The molecule has 0 aliphatic carbocycles. The van der Waals surface area contributed by atoms with Gasteiger partial charge in [0.2, 0.25) is 11.8 Å². The molecule has 0 bridgehead atoms. The Bertz CT molecular complexity index is 708. The highest BCUT2D eigenvalue weighted by Crippen LogP contribution is 2.22. The van der Waals surface area contributed by atoms with E-state index in [2.05, 4.69) is 5.32 Å². The summed E-state index contributed by atoms with van der Waals surface area (Å²) in [6.45, 7) is 2.19. The van der Waals surface area contributed by atoms with Gasteiger partial charge in [0.25, 0.3) is 0 Å². The fourth-order valence-corrected chi connectivity index (χ4v) is 2.10. The molecule has 0 radical (unpaired) electrons. The first kappa shape index (κ1) is 17.3. The maximum Gasteiger partial charge on any atom is 0.247 e. The first-order chi connectivity index (χ1) is 11.6. The van der Waals surface area contributed by atoms with Crippen LogP contribution in [-0.2, 0) is 9.59 Å². The van der Waals surface area contributed by atoms with Gasteiger partial charge in [-0.15, -0.1) is 0 Å². The first-order valence-electron chi connectivity index (χ1n) is 7.57. The predicted molar refractivity (Wildman–Crippen MR) is 91.6 cm³/mol. The van der Waals surface area contributed by atoms with E-state index in [1.54, 1.807) is 36.4 Å². The maximum atomic E-state index is 12.2. The zero-order chi connectivity index (χ0) is 17.4. The smallest absolute Gasteiger partial charge is 0.247 e. The molecule has 2 amide bonds. The number of likely N-dealkylation sites (N-methyl/N-ethyl adjacent to an activating group) is 1. The number of methoxy groups -OCH3 is 1. The zero-order valence-electron chi connectivity index (χ0n) is 13.7. The Labute approximate surface area is 140 Å².